The zero-order chi connectivity index (χ0) is 13.7. The second-order valence-corrected chi connectivity index (χ2v) is 7.41. The van der Waals surface area contributed by atoms with Crippen LogP contribution in [0.15, 0.2) is 34.1 Å². The van der Waals surface area contributed by atoms with Gasteiger partial charge in [0, 0.05) is 38.0 Å². The van der Waals surface area contributed by atoms with Crippen molar-refractivity contribution in [3.05, 3.63) is 24.3 Å². The minimum atomic E-state index is 0.860. The highest BCUT2D eigenvalue weighted by atomic mass is 32.2. The van der Waals surface area contributed by atoms with E-state index in [4.69, 9.17) is 24.4 Å². The zero-order valence-corrected chi connectivity index (χ0v) is 14.1. The van der Waals surface area contributed by atoms with Crippen molar-refractivity contribution in [1.29, 1.82) is 0 Å². The number of hydrogen-bond acceptors (Lipinski definition) is 4. The van der Waals surface area contributed by atoms with E-state index in [1.165, 1.54) is 0 Å². The molecule has 0 radical (unpaired) electrons. The molecule has 2 nitrogen and oxygen atoms in total. The Kier molecular flexibility index (Phi) is 6.42. The second-order valence-electron chi connectivity index (χ2n) is 4.00. The van der Waals surface area contributed by atoms with Gasteiger partial charge in [0.05, 0.1) is 0 Å². The Balaban J connectivity index is 2.63. The molecule has 0 aliphatic rings. The fourth-order valence-electron chi connectivity index (χ4n) is 0.960. The van der Waals surface area contributed by atoms with Gasteiger partial charge in [0.1, 0.15) is 8.64 Å². The highest BCUT2D eigenvalue weighted by Gasteiger charge is 2.05. The number of hydrogen-bond donors (Lipinski definition) is 0. The average molecular weight is 317 g/mol. The fraction of sp³-hybridized carbons (Fsp3) is 0.333. The largest absolute Gasteiger partial charge is 0.363 e. The third-order valence-corrected chi connectivity index (χ3v) is 5.29. The van der Waals surface area contributed by atoms with Crippen LogP contribution in [-0.2, 0) is 0 Å². The van der Waals surface area contributed by atoms with Crippen LogP contribution in [0.1, 0.15) is 0 Å². The molecular weight excluding hydrogens is 300 g/mol. The lowest BCUT2D eigenvalue weighted by atomic mass is 10.4. The highest BCUT2D eigenvalue weighted by molar-refractivity contribution is 8.23. The van der Waals surface area contributed by atoms with Crippen LogP contribution in [0.4, 0.5) is 0 Å². The molecule has 0 fully saturated rings. The lowest BCUT2D eigenvalue weighted by molar-refractivity contribution is 0.648. The molecule has 1 rings (SSSR count). The van der Waals surface area contributed by atoms with Crippen LogP contribution >= 0.6 is 48.0 Å². The number of thiocarbonyl (C=S) groups is 2. The van der Waals surface area contributed by atoms with Crippen molar-refractivity contribution in [2.24, 2.45) is 0 Å². The predicted molar refractivity (Wildman–Crippen MR) is 90.7 cm³/mol. The summed E-state index contributed by atoms with van der Waals surface area (Å²) in [5.41, 5.74) is 0. The number of thioether (sulfide) groups is 2. The van der Waals surface area contributed by atoms with Crippen LogP contribution in [0.5, 0.6) is 0 Å². The van der Waals surface area contributed by atoms with E-state index in [9.17, 15) is 0 Å². The first-order valence-corrected chi connectivity index (χ1v) is 7.73. The maximum absolute atomic E-state index is 5.25. The second kappa shape index (κ2) is 7.33. The Bertz CT molecular complexity index is 385. The molecule has 1 aromatic carbocycles. The number of nitrogens with zero attached hydrogens (tertiary/aromatic N) is 2. The van der Waals surface area contributed by atoms with Gasteiger partial charge in [-0.2, -0.15) is 0 Å². The van der Waals surface area contributed by atoms with Crippen molar-refractivity contribution in [3.8, 4) is 0 Å². The molecule has 0 bridgehead atoms. The van der Waals surface area contributed by atoms with Gasteiger partial charge in [-0.1, -0.05) is 48.0 Å². The molecule has 0 heterocycles. The van der Waals surface area contributed by atoms with E-state index < -0.39 is 0 Å². The summed E-state index contributed by atoms with van der Waals surface area (Å²) in [6.07, 6.45) is 0. The molecule has 0 aliphatic heterocycles. The topological polar surface area (TPSA) is 6.48 Å². The van der Waals surface area contributed by atoms with Crippen molar-refractivity contribution >= 4 is 56.6 Å². The summed E-state index contributed by atoms with van der Waals surface area (Å²) in [6.45, 7) is 0. The fourth-order valence-corrected chi connectivity index (χ4v) is 2.85. The molecule has 0 amide bonds. The molecule has 1 aromatic rings. The summed E-state index contributed by atoms with van der Waals surface area (Å²) in [5.74, 6) is 0. The van der Waals surface area contributed by atoms with Crippen LogP contribution < -0.4 is 0 Å². The third-order valence-electron chi connectivity index (χ3n) is 1.96. The quantitative estimate of drug-likeness (QED) is 0.603. The Morgan fingerprint density at radius 2 is 1.06 bits per heavy atom. The minimum Gasteiger partial charge on any atom is -0.363 e. The molecule has 6 heteroatoms. The molecule has 18 heavy (non-hydrogen) atoms. The van der Waals surface area contributed by atoms with Gasteiger partial charge < -0.3 is 9.80 Å². The summed E-state index contributed by atoms with van der Waals surface area (Å²) in [6, 6.07) is 8.28. The minimum absolute atomic E-state index is 0.860. The van der Waals surface area contributed by atoms with Gasteiger partial charge in [-0.3, -0.25) is 0 Å². The van der Waals surface area contributed by atoms with Gasteiger partial charge in [-0.25, -0.2) is 0 Å². The molecule has 0 saturated carbocycles. The maximum atomic E-state index is 5.25. The first-order valence-electron chi connectivity index (χ1n) is 5.28. The Labute approximate surface area is 128 Å². The van der Waals surface area contributed by atoms with Gasteiger partial charge in [-0.05, 0) is 24.3 Å². The van der Waals surface area contributed by atoms with E-state index in [1.807, 2.05) is 38.0 Å². The van der Waals surface area contributed by atoms with Crippen LogP contribution in [0.25, 0.3) is 0 Å². The van der Waals surface area contributed by atoms with Gasteiger partial charge >= 0.3 is 0 Å². The van der Waals surface area contributed by atoms with E-state index in [0.717, 1.165) is 18.4 Å². The summed E-state index contributed by atoms with van der Waals surface area (Å²) in [4.78, 5) is 6.16. The smallest absolute Gasteiger partial charge is 0.140 e. The Hall–Kier alpha value is -0.300. The van der Waals surface area contributed by atoms with Gasteiger partial charge in [-0.15, -0.1) is 0 Å². The third kappa shape index (κ3) is 5.14. The molecule has 0 N–H and O–H groups in total. The Morgan fingerprint density at radius 3 is 1.28 bits per heavy atom. The van der Waals surface area contributed by atoms with Crippen molar-refractivity contribution in [3.63, 3.8) is 0 Å². The average Bonchev–Trinajstić information content (AvgIpc) is 2.31. The monoisotopic (exact) mass is 316 g/mol. The van der Waals surface area contributed by atoms with Gasteiger partial charge in [0.15, 0.2) is 0 Å². The molecular formula is C12H16N2S4. The van der Waals surface area contributed by atoms with Crippen LogP contribution in [0, 0.1) is 0 Å². The van der Waals surface area contributed by atoms with Crippen LogP contribution in [0.3, 0.4) is 0 Å². The predicted octanol–water partition coefficient (Wildman–Crippen LogP) is 3.56. The first-order chi connectivity index (χ1) is 8.40. The Morgan fingerprint density at radius 1 is 0.778 bits per heavy atom. The van der Waals surface area contributed by atoms with E-state index in [-0.39, 0.29) is 0 Å². The standard InChI is InChI=1S/C12H16N2S4/c1-13(2)11(15)17-9-5-7-10(8-6-9)18-12(16)14(3)4/h5-8H,1-4H3. The van der Waals surface area contributed by atoms with Gasteiger partial charge in [0.2, 0.25) is 0 Å². The van der Waals surface area contributed by atoms with Crippen molar-refractivity contribution in [2.45, 2.75) is 9.79 Å². The SMILES string of the molecule is CN(C)C(=S)Sc1ccc(SC(=S)N(C)C)cc1. The van der Waals surface area contributed by atoms with Crippen molar-refractivity contribution < 1.29 is 0 Å². The van der Waals surface area contributed by atoms with E-state index in [0.29, 0.717) is 0 Å². The first kappa shape index (κ1) is 15.8. The molecule has 0 saturated heterocycles. The summed E-state index contributed by atoms with van der Waals surface area (Å²) >= 11 is 13.7. The molecule has 0 atom stereocenters. The molecule has 98 valence electrons. The van der Waals surface area contributed by atoms with Crippen molar-refractivity contribution in [2.75, 3.05) is 28.2 Å². The van der Waals surface area contributed by atoms with E-state index >= 15 is 0 Å². The molecule has 0 aliphatic carbocycles. The normalized spacial score (nSPS) is 10.0. The number of rotatable bonds is 2. The summed E-state index contributed by atoms with van der Waals surface area (Å²) in [5, 5.41) is 0. The number of benzene rings is 1. The lowest BCUT2D eigenvalue weighted by Gasteiger charge is -2.14. The summed E-state index contributed by atoms with van der Waals surface area (Å²) < 4.78 is 1.72. The van der Waals surface area contributed by atoms with Crippen LogP contribution in [0.2, 0.25) is 0 Å². The maximum Gasteiger partial charge on any atom is 0.140 e. The molecule has 0 spiro atoms. The van der Waals surface area contributed by atoms with E-state index in [1.54, 1.807) is 23.5 Å². The lowest BCUT2D eigenvalue weighted by Crippen LogP contribution is -2.16. The zero-order valence-electron chi connectivity index (χ0n) is 10.8. The van der Waals surface area contributed by atoms with E-state index in [2.05, 4.69) is 24.3 Å². The molecule has 0 unspecified atom stereocenters. The highest BCUT2D eigenvalue weighted by Crippen LogP contribution is 2.26. The van der Waals surface area contributed by atoms with Crippen LogP contribution in [-0.4, -0.2) is 46.6 Å². The van der Waals surface area contributed by atoms with Crippen molar-refractivity contribution in [1.82, 2.24) is 9.80 Å². The molecule has 0 aromatic heterocycles. The van der Waals surface area contributed by atoms with Gasteiger partial charge in [0.25, 0.3) is 0 Å². The summed E-state index contributed by atoms with van der Waals surface area (Å²) in [7, 11) is 7.81.